The molecule has 1 heterocycles. The second-order valence-electron chi connectivity index (χ2n) is 9.24. The number of methoxy groups -OCH3 is 2. The van der Waals surface area contributed by atoms with E-state index in [4.69, 9.17) is 18.9 Å². The molecule has 1 fully saturated rings. The highest BCUT2D eigenvalue weighted by molar-refractivity contribution is 7.80. The van der Waals surface area contributed by atoms with Crippen molar-refractivity contribution >= 4 is 23.4 Å². The average Bonchev–Trinajstić information content (AvgIpc) is 2.95. The van der Waals surface area contributed by atoms with Gasteiger partial charge < -0.3 is 18.9 Å². The van der Waals surface area contributed by atoms with Gasteiger partial charge in [-0.1, -0.05) is 18.6 Å². The Kier molecular flexibility index (Phi) is 8.07. The lowest BCUT2D eigenvalue weighted by Gasteiger charge is -2.26. The highest BCUT2D eigenvalue weighted by Gasteiger charge is 2.15. The Morgan fingerprint density at radius 3 is 2.27 bits per heavy atom. The van der Waals surface area contributed by atoms with Crippen LogP contribution in [0.4, 0.5) is 0 Å². The van der Waals surface area contributed by atoms with Crippen molar-refractivity contribution in [2.75, 3.05) is 40.5 Å². The van der Waals surface area contributed by atoms with E-state index in [1.807, 2.05) is 60.7 Å². The van der Waals surface area contributed by atoms with Crippen molar-refractivity contribution in [2.45, 2.75) is 24.2 Å². The number of likely N-dealkylation sites (tertiary alicyclic amines) is 1. The van der Waals surface area contributed by atoms with Gasteiger partial charge in [-0.05, 0) is 97.5 Å². The van der Waals surface area contributed by atoms with E-state index in [9.17, 15) is 0 Å². The van der Waals surface area contributed by atoms with Crippen LogP contribution in [0, 0.1) is 0 Å². The molecule has 192 valence electrons. The fourth-order valence-corrected chi connectivity index (χ4v) is 5.02. The molecule has 0 bridgehead atoms. The fourth-order valence-electron chi connectivity index (χ4n) is 4.79. The lowest BCUT2D eigenvalue weighted by molar-refractivity contribution is 0.183. The zero-order valence-corrected chi connectivity index (χ0v) is 22.3. The van der Waals surface area contributed by atoms with Gasteiger partial charge in [0, 0.05) is 22.4 Å². The number of fused-ring (bicyclic) bond motifs is 1. The molecule has 0 aromatic heterocycles. The van der Waals surface area contributed by atoms with Crippen LogP contribution in [0.25, 0.3) is 21.9 Å². The molecule has 37 heavy (non-hydrogen) atoms. The molecule has 0 N–H and O–H groups in total. The van der Waals surface area contributed by atoms with E-state index in [1.165, 1.54) is 32.4 Å². The first kappa shape index (κ1) is 25.3. The van der Waals surface area contributed by atoms with Crippen LogP contribution in [0.3, 0.4) is 0 Å². The smallest absolute Gasteiger partial charge is 0.143 e. The maximum Gasteiger partial charge on any atom is 0.143 e. The first-order valence-electron chi connectivity index (χ1n) is 12.8. The zero-order chi connectivity index (χ0) is 25.6. The summed E-state index contributed by atoms with van der Waals surface area (Å²) in [6.45, 7) is 4.02. The Morgan fingerprint density at radius 2 is 1.51 bits per heavy atom. The summed E-state index contributed by atoms with van der Waals surface area (Å²) >= 11 is 4.50. The minimum atomic E-state index is 0.693. The van der Waals surface area contributed by atoms with E-state index in [0.717, 1.165) is 56.3 Å². The molecule has 0 spiro atoms. The molecular formula is C31H33NO4S. The Labute approximate surface area is 224 Å². The van der Waals surface area contributed by atoms with E-state index < -0.39 is 0 Å². The van der Waals surface area contributed by atoms with Crippen molar-refractivity contribution in [3.63, 3.8) is 0 Å². The predicted octanol–water partition coefficient (Wildman–Crippen LogP) is 7.47. The number of hydrogen-bond donors (Lipinski definition) is 1. The van der Waals surface area contributed by atoms with Crippen molar-refractivity contribution in [2.24, 2.45) is 0 Å². The topological polar surface area (TPSA) is 40.2 Å². The van der Waals surface area contributed by atoms with Crippen molar-refractivity contribution < 1.29 is 18.9 Å². The third kappa shape index (κ3) is 5.97. The molecule has 6 heteroatoms. The fraction of sp³-hybridized carbons (Fsp3) is 0.290. The summed E-state index contributed by atoms with van der Waals surface area (Å²) in [6, 6.07) is 24.0. The van der Waals surface area contributed by atoms with E-state index >= 15 is 0 Å². The lowest BCUT2D eigenvalue weighted by atomic mass is 9.99. The second-order valence-corrected chi connectivity index (χ2v) is 9.72. The number of piperidine rings is 1. The zero-order valence-electron chi connectivity index (χ0n) is 21.4. The molecule has 0 atom stereocenters. The lowest BCUT2D eigenvalue weighted by Crippen LogP contribution is -2.33. The van der Waals surface area contributed by atoms with Crippen molar-refractivity contribution in [3.8, 4) is 39.9 Å². The van der Waals surface area contributed by atoms with Gasteiger partial charge in [0.05, 0.1) is 14.2 Å². The quantitative estimate of drug-likeness (QED) is 0.234. The molecule has 5 rings (SSSR count). The van der Waals surface area contributed by atoms with Crippen LogP contribution in [-0.4, -0.2) is 45.4 Å². The second kappa shape index (κ2) is 11.8. The molecule has 0 aliphatic carbocycles. The SMILES string of the molecule is COc1ccc2c(Oc3ccc(OCCN4CCCCC4)cc3)c(-c3ccc(S)c(OC)c3)ccc2c1. The molecule has 0 saturated carbocycles. The summed E-state index contributed by atoms with van der Waals surface area (Å²) in [6.07, 6.45) is 3.93. The molecule has 5 nitrogen and oxygen atoms in total. The van der Waals surface area contributed by atoms with Crippen LogP contribution in [0.15, 0.2) is 77.7 Å². The third-order valence-electron chi connectivity index (χ3n) is 6.84. The van der Waals surface area contributed by atoms with Crippen molar-refractivity contribution in [1.82, 2.24) is 4.90 Å². The van der Waals surface area contributed by atoms with Crippen molar-refractivity contribution in [3.05, 3.63) is 72.8 Å². The van der Waals surface area contributed by atoms with Crippen molar-refractivity contribution in [1.29, 1.82) is 0 Å². The first-order chi connectivity index (χ1) is 18.1. The third-order valence-corrected chi connectivity index (χ3v) is 7.21. The van der Waals surface area contributed by atoms with Crippen LogP contribution < -0.4 is 18.9 Å². The summed E-state index contributed by atoms with van der Waals surface area (Å²) in [5.74, 6) is 3.88. The molecule has 1 saturated heterocycles. The number of rotatable bonds is 9. The highest BCUT2D eigenvalue weighted by atomic mass is 32.1. The van der Waals surface area contributed by atoms with Crippen LogP contribution in [0.2, 0.25) is 0 Å². The average molecular weight is 516 g/mol. The Morgan fingerprint density at radius 1 is 0.757 bits per heavy atom. The number of nitrogens with zero attached hydrogens (tertiary/aromatic N) is 1. The number of ether oxygens (including phenoxy) is 4. The number of thiol groups is 1. The predicted molar refractivity (Wildman–Crippen MR) is 152 cm³/mol. The Balaban J connectivity index is 1.41. The first-order valence-corrected chi connectivity index (χ1v) is 13.2. The minimum Gasteiger partial charge on any atom is -0.497 e. The Bertz CT molecular complexity index is 1350. The van der Waals surface area contributed by atoms with Gasteiger partial charge in [0.1, 0.15) is 35.4 Å². The maximum absolute atomic E-state index is 6.54. The van der Waals surface area contributed by atoms with E-state index in [-0.39, 0.29) is 0 Å². The molecule has 0 amide bonds. The summed E-state index contributed by atoms with van der Waals surface area (Å²) in [4.78, 5) is 3.27. The molecule has 1 aliphatic heterocycles. The van der Waals surface area contributed by atoms with E-state index in [0.29, 0.717) is 12.4 Å². The number of hydrogen-bond acceptors (Lipinski definition) is 6. The molecule has 4 aromatic rings. The highest BCUT2D eigenvalue weighted by Crippen LogP contribution is 2.42. The van der Waals surface area contributed by atoms with Gasteiger partial charge in [0.25, 0.3) is 0 Å². The normalized spacial score (nSPS) is 13.9. The Hall–Kier alpha value is -3.35. The maximum atomic E-state index is 6.54. The summed E-state index contributed by atoms with van der Waals surface area (Å²) < 4.78 is 23.5. The molecule has 0 radical (unpaired) electrons. The van der Waals surface area contributed by atoms with Crippen LogP contribution in [0.5, 0.6) is 28.7 Å². The van der Waals surface area contributed by atoms with Gasteiger partial charge in [0.15, 0.2) is 0 Å². The molecule has 0 unspecified atom stereocenters. The molecule has 1 aliphatic rings. The largest absolute Gasteiger partial charge is 0.497 e. The molecule has 4 aromatic carbocycles. The van der Waals surface area contributed by atoms with E-state index in [2.05, 4.69) is 29.7 Å². The van der Waals surface area contributed by atoms with E-state index in [1.54, 1.807) is 14.2 Å². The van der Waals surface area contributed by atoms with Gasteiger partial charge in [-0.2, -0.15) is 0 Å². The van der Waals surface area contributed by atoms with Crippen LogP contribution >= 0.6 is 12.6 Å². The summed E-state index contributed by atoms with van der Waals surface area (Å²) in [7, 11) is 3.33. The van der Waals surface area contributed by atoms with Gasteiger partial charge in [0.2, 0.25) is 0 Å². The van der Waals surface area contributed by atoms with Gasteiger partial charge >= 0.3 is 0 Å². The standard InChI is InChI=1S/C31H33NO4S/c1-33-26-12-14-28-22(20-26)6-13-27(23-7-15-30(37)29(21-23)34-2)31(28)36-25-10-8-24(9-11-25)35-19-18-32-16-4-3-5-17-32/h6-15,20-21,37H,3-5,16-19H2,1-2H3. The monoisotopic (exact) mass is 515 g/mol. The molecular weight excluding hydrogens is 482 g/mol. The van der Waals surface area contributed by atoms with Crippen LogP contribution in [0.1, 0.15) is 19.3 Å². The summed E-state index contributed by atoms with van der Waals surface area (Å²) in [5, 5.41) is 2.03. The minimum absolute atomic E-state index is 0.693. The number of benzene rings is 4. The van der Waals surface area contributed by atoms with Gasteiger partial charge in [-0.25, -0.2) is 0 Å². The summed E-state index contributed by atoms with van der Waals surface area (Å²) in [5.41, 5.74) is 1.95. The van der Waals surface area contributed by atoms with Crippen LogP contribution in [-0.2, 0) is 0 Å². The van der Waals surface area contributed by atoms with Gasteiger partial charge in [-0.15, -0.1) is 12.6 Å². The van der Waals surface area contributed by atoms with Gasteiger partial charge in [-0.3, -0.25) is 4.90 Å².